The van der Waals surface area contributed by atoms with E-state index in [1.165, 1.54) is 11.8 Å². The summed E-state index contributed by atoms with van der Waals surface area (Å²) in [5, 5.41) is 13.9. The molecule has 0 amide bonds. The van der Waals surface area contributed by atoms with E-state index in [4.69, 9.17) is 14.9 Å². The Morgan fingerprint density at radius 3 is 2.27 bits per heavy atom. The molecule has 1 saturated carbocycles. The van der Waals surface area contributed by atoms with Crippen LogP contribution in [0.15, 0.2) is 54.6 Å². The summed E-state index contributed by atoms with van der Waals surface area (Å²) in [6, 6.07) is 18.4. The maximum Gasteiger partial charge on any atom is 0.329 e. The Labute approximate surface area is 219 Å². The van der Waals surface area contributed by atoms with Crippen molar-refractivity contribution in [1.29, 1.82) is 0 Å². The van der Waals surface area contributed by atoms with Gasteiger partial charge in [0.1, 0.15) is 22.1 Å². The number of aryl methyl sites for hydroxylation is 1. The lowest BCUT2D eigenvalue weighted by atomic mass is 9.82. The van der Waals surface area contributed by atoms with Crippen molar-refractivity contribution in [2.24, 2.45) is 11.8 Å². The fourth-order valence-electron chi connectivity index (χ4n) is 5.14. The van der Waals surface area contributed by atoms with Crippen LogP contribution in [0.25, 0.3) is 22.4 Å². The van der Waals surface area contributed by atoms with E-state index in [0.717, 1.165) is 60.3 Å². The number of aromatic nitrogens is 2. The van der Waals surface area contributed by atoms with E-state index in [1.54, 1.807) is 0 Å². The van der Waals surface area contributed by atoms with Crippen molar-refractivity contribution in [2.45, 2.75) is 45.6 Å². The predicted molar refractivity (Wildman–Crippen MR) is 145 cm³/mol. The van der Waals surface area contributed by atoms with Crippen LogP contribution in [0.5, 0.6) is 0 Å². The van der Waals surface area contributed by atoms with Crippen LogP contribution in [0.4, 0.5) is 0 Å². The molecule has 0 spiro atoms. The van der Waals surface area contributed by atoms with Crippen LogP contribution < -0.4 is 0 Å². The van der Waals surface area contributed by atoms with Gasteiger partial charge in [0.15, 0.2) is 0 Å². The Balaban J connectivity index is 1.64. The highest BCUT2D eigenvalue weighted by molar-refractivity contribution is 7.90. The van der Waals surface area contributed by atoms with Crippen LogP contribution in [0.2, 0.25) is 0 Å². The number of hydrogen-bond donors (Lipinski definition) is 1. The molecule has 1 aliphatic carbocycles. The van der Waals surface area contributed by atoms with Gasteiger partial charge in [-0.05, 0) is 50.0 Å². The molecular weight excluding hydrogens is 488 g/mol. The first-order valence-corrected chi connectivity index (χ1v) is 14.9. The highest BCUT2D eigenvalue weighted by Crippen LogP contribution is 2.37. The number of carbonyl (C=O) groups is 1. The molecule has 2 aromatic carbocycles. The molecule has 37 heavy (non-hydrogen) atoms. The number of benzene rings is 2. The second-order valence-corrected chi connectivity index (χ2v) is 12.5. The minimum Gasteiger partial charge on any atom is -0.480 e. The lowest BCUT2D eigenvalue weighted by molar-refractivity contribution is -0.142. The Bertz CT molecular complexity index is 1290. The van der Waals surface area contributed by atoms with Crippen molar-refractivity contribution in [1.82, 2.24) is 9.78 Å². The van der Waals surface area contributed by atoms with Gasteiger partial charge >= 0.3 is 5.97 Å². The van der Waals surface area contributed by atoms with Gasteiger partial charge in [0.05, 0.1) is 12.4 Å². The van der Waals surface area contributed by atoms with Crippen LogP contribution >= 0.6 is 0 Å². The largest absolute Gasteiger partial charge is 0.480 e. The molecule has 1 aromatic heterocycles. The Hall–Kier alpha value is -2.97. The molecule has 0 radical (unpaired) electrons. The topological polar surface area (TPSA) is 98.5 Å². The van der Waals surface area contributed by atoms with Crippen LogP contribution in [-0.2, 0) is 32.3 Å². The van der Waals surface area contributed by atoms with Gasteiger partial charge < -0.3 is 9.84 Å². The summed E-state index contributed by atoms with van der Waals surface area (Å²) in [4.78, 5) is 10.7. The minimum absolute atomic E-state index is 0.0690. The van der Waals surface area contributed by atoms with Crippen molar-refractivity contribution < 1.29 is 23.1 Å². The van der Waals surface area contributed by atoms with Gasteiger partial charge in [0, 0.05) is 36.0 Å². The number of carboxylic acid groups (broad SMARTS) is 1. The molecule has 198 valence electrons. The third kappa shape index (κ3) is 7.52. The quantitative estimate of drug-likeness (QED) is 0.378. The molecule has 8 heteroatoms. The zero-order valence-corrected chi connectivity index (χ0v) is 22.4. The Morgan fingerprint density at radius 1 is 1.00 bits per heavy atom. The summed E-state index contributed by atoms with van der Waals surface area (Å²) >= 11 is 0. The molecule has 1 N–H and O–H groups in total. The van der Waals surface area contributed by atoms with Gasteiger partial charge in [-0.25, -0.2) is 13.2 Å². The van der Waals surface area contributed by atoms with Crippen molar-refractivity contribution in [3.8, 4) is 22.4 Å². The van der Waals surface area contributed by atoms with Gasteiger partial charge in [0.25, 0.3) is 0 Å². The molecule has 1 aliphatic rings. The Kier molecular flexibility index (Phi) is 8.82. The zero-order chi connectivity index (χ0) is 26.4. The van der Waals surface area contributed by atoms with Crippen molar-refractivity contribution in [3.05, 3.63) is 65.9 Å². The molecule has 1 heterocycles. The summed E-state index contributed by atoms with van der Waals surface area (Å²) in [6.45, 7) is 3.02. The first-order chi connectivity index (χ1) is 17.7. The molecular formula is C29H36N2O5S. The smallest absolute Gasteiger partial charge is 0.329 e. The van der Waals surface area contributed by atoms with Gasteiger partial charge in [-0.3, -0.25) is 4.68 Å². The van der Waals surface area contributed by atoms with E-state index in [-0.39, 0.29) is 12.4 Å². The first-order valence-electron chi connectivity index (χ1n) is 12.9. The number of sulfone groups is 1. The molecule has 0 bridgehead atoms. The minimum atomic E-state index is -3.15. The third-order valence-corrected chi connectivity index (χ3v) is 8.08. The SMILES string of the molecule is Cc1ccc(-c2nn(C[C@H]3CC[C@@H](COCC(=O)O)CC3)c(CCS(C)(=O)=O)c2-c2ccccc2)cc1. The highest BCUT2D eigenvalue weighted by Gasteiger charge is 2.26. The maximum atomic E-state index is 12.2. The number of ether oxygens (including phenoxy) is 1. The molecule has 4 rings (SSSR count). The van der Waals surface area contributed by atoms with Crippen molar-refractivity contribution >= 4 is 15.8 Å². The average molecular weight is 525 g/mol. The van der Waals surface area contributed by atoms with Crippen LogP contribution in [0.3, 0.4) is 0 Å². The van der Waals surface area contributed by atoms with E-state index in [1.807, 2.05) is 18.2 Å². The number of hydrogen-bond acceptors (Lipinski definition) is 5. The fourth-order valence-corrected chi connectivity index (χ4v) is 5.71. The van der Waals surface area contributed by atoms with Gasteiger partial charge in [-0.2, -0.15) is 5.10 Å². The molecule has 7 nitrogen and oxygen atoms in total. The van der Waals surface area contributed by atoms with Crippen molar-refractivity contribution in [3.63, 3.8) is 0 Å². The Morgan fingerprint density at radius 2 is 1.65 bits per heavy atom. The second-order valence-electron chi connectivity index (χ2n) is 10.3. The van der Waals surface area contributed by atoms with E-state index < -0.39 is 15.8 Å². The van der Waals surface area contributed by atoms with Crippen molar-refractivity contribution in [2.75, 3.05) is 25.2 Å². The maximum absolute atomic E-state index is 12.2. The summed E-state index contributed by atoms with van der Waals surface area (Å²) in [7, 11) is -3.15. The summed E-state index contributed by atoms with van der Waals surface area (Å²) in [5.74, 6) is -0.0740. The van der Waals surface area contributed by atoms with E-state index in [9.17, 15) is 13.2 Å². The third-order valence-electron chi connectivity index (χ3n) is 7.13. The molecule has 0 unspecified atom stereocenters. The number of rotatable bonds is 11. The standard InChI is InChI=1S/C29H36N2O5S/c1-21-8-14-25(15-9-21)29-28(24-6-4-3-5-7-24)26(16-17-37(2,34)35)31(30-29)18-22-10-12-23(13-11-22)19-36-20-27(32)33/h3-9,14-15,22-23H,10-13,16-20H2,1-2H3,(H,32,33)/t22-,23+. The van der Waals surface area contributed by atoms with E-state index in [0.29, 0.717) is 24.9 Å². The summed E-state index contributed by atoms with van der Waals surface area (Å²) in [6.07, 6.45) is 5.67. The molecule has 1 fully saturated rings. The number of aliphatic carboxylic acids is 1. The molecule has 3 aromatic rings. The molecule has 0 atom stereocenters. The van der Waals surface area contributed by atoms with Crippen LogP contribution in [-0.4, -0.2) is 54.5 Å². The molecule has 0 aliphatic heterocycles. The van der Waals surface area contributed by atoms with Crippen LogP contribution in [0.1, 0.15) is 36.9 Å². The monoisotopic (exact) mass is 524 g/mol. The zero-order valence-electron chi connectivity index (χ0n) is 21.6. The first kappa shape index (κ1) is 27.1. The number of nitrogens with zero attached hydrogens (tertiary/aromatic N) is 2. The normalized spacial score (nSPS) is 18.1. The second kappa shape index (κ2) is 12.0. The lowest BCUT2D eigenvalue weighted by Crippen LogP contribution is -2.24. The van der Waals surface area contributed by atoms with E-state index >= 15 is 0 Å². The number of carboxylic acids is 1. The van der Waals surface area contributed by atoms with Gasteiger partial charge in [0.2, 0.25) is 0 Å². The summed E-state index contributed by atoms with van der Waals surface area (Å²) in [5.41, 5.74) is 6.06. The predicted octanol–water partition coefficient (Wildman–Crippen LogP) is 5.02. The molecule has 0 saturated heterocycles. The average Bonchev–Trinajstić information content (AvgIpc) is 3.22. The fraction of sp³-hybridized carbons (Fsp3) is 0.448. The summed E-state index contributed by atoms with van der Waals surface area (Å²) < 4.78 is 31.7. The van der Waals surface area contributed by atoms with Gasteiger partial charge in [-0.15, -0.1) is 0 Å². The van der Waals surface area contributed by atoms with E-state index in [2.05, 4.69) is 48.0 Å². The van der Waals surface area contributed by atoms with Gasteiger partial charge in [-0.1, -0.05) is 60.2 Å². The lowest BCUT2D eigenvalue weighted by Gasteiger charge is -2.28. The highest BCUT2D eigenvalue weighted by atomic mass is 32.2. The van der Waals surface area contributed by atoms with Crippen LogP contribution in [0, 0.1) is 18.8 Å².